The summed E-state index contributed by atoms with van der Waals surface area (Å²) in [5.74, 6) is 0.470. The Balaban J connectivity index is 1.57. The van der Waals surface area contributed by atoms with Crippen molar-refractivity contribution in [3.05, 3.63) is 47.2 Å². The lowest BCUT2D eigenvalue weighted by atomic mass is 10.1. The van der Waals surface area contributed by atoms with Crippen LogP contribution in [-0.2, 0) is 16.0 Å². The highest BCUT2D eigenvalue weighted by Crippen LogP contribution is 2.25. The number of hydrogen-bond acceptors (Lipinski definition) is 5. The summed E-state index contributed by atoms with van der Waals surface area (Å²) in [6.07, 6.45) is 3.40. The third kappa shape index (κ3) is 2.76. The first-order chi connectivity index (χ1) is 11.7. The van der Waals surface area contributed by atoms with Crippen LogP contribution in [0.3, 0.4) is 0 Å². The number of morpholine rings is 1. The van der Waals surface area contributed by atoms with E-state index in [2.05, 4.69) is 15.1 Å². The Labute approximate surface area is 142 Å². The van der Waals surface area contributed by atoms with E-state index in [0.717, 1.165) is 16.5 Å². The van der Waals surface area contributed by atoms with Crippen molar-refractivity contribution in [2.24, 2.45) is 0 Å². The Morgan fingerprint density at radius 1 is 1.46 bits per heavy atom. The summed E-state index contributed by atoms with van der Waals surface area (Å²) in [7, 11) is 0. The lowest BCUT2D eigenvalue weighted by Gasteiger charge is -2.33. The molecule has 1 N–H and O–H groups in total. The molecule has 1 aliphatic rings. The van der Waals surface area contributed by atoms with Gasteiger partial charge in [0.25, 0.3) is 0 Å². The van der Waals surface area contributed by atoms with E-state index in [9.17, 15) is 4.79 Å². The molecule has 4 rings (SSSR count). The van der Waals surface area contributed by atoms with Crippen molar-refractivity contribution >= 4 is 28.4 Å². The van der Waals surface area contributed by atoms with Gasteiger partial charge in [-0.25, -0.2) is 0 Å². The van der Waals surface area contributed by atoms with Gasteiger partial charge in [-0.05, 0) is 17.7 Å². The molecule has 1 unspecified atom stereocenters. The molecule has 1 atom stereocenters. The fourth-order valence-corrected chi connectivity index (χ4v) is 3.18. The monoisotopic (exact) mass is 346 g/mol. The number of amides is 1. The Kier molecular flexibility index (Phi) is 3.95. The highest BCUT2D eigenvalue weighted by Gasteiger charge is 2.31. The molecule has 1 fully saturated rings. The average molecular weight is 347 g/mol. The topological polar surface area (TPSA) is 84.2 Å². The third-order valence-corrected chi connectivity index (χ3v) is 4.43. The SMILES string of the molecule is O=C(Cc1c[nH]c2cc(Cl)ccc12)N1CCOCC1c1ncon1. The van der Waals surface area contributed by atoms with Gasteiger partial charge in [0.1, 0.15) is 6.04 Å². The molecule has 0 spiro atoms. The number of carbonyl (C=O) groups is 1. The van der Waals surface area contributed by atoms with Gasteiger partial charge in [0.05, 0.1) is 19.6 Å². The molecule has 1 aliphatic heterocycles. The highest BCUT2D eigenvalue weighted by atomic mass is 35.5. The lowest BCUT2D eigenvalue weighted by Crippen LogP contribution is -2.44. The maximum absolute atomic E-state index is 12.8. The molecule has 0 radical (unpaired) electrons. The standard InChI is InChI=1S/C16H15ClN4O3/c17-11-1-2-12-10(7-18-13(12)6-11)5-15(22)21-3-4-23-8-14(21)16-19-9-24-20-16/h1-2,6-7,9,14,18H,3-5,8H2. The molecule has 7 nitrogen and oxygen atoms in total. The highest BCUT2D eigenvalue weighted by molar-refractivity contribution is 6.31. The maximum Gasteiger partial charge on any atom is 0.227 e. The number of aromatic nitrogens is 3. The van der Waals surface area contributed by atoms with Crippen molar-refractivity contribution < 1.29 is 14.1 Å². The Bertz CT molecular complexity index is 861. The molecule has 1 amide bonds. The Morgan fingerprint density at radius 2 is 2.38 bits per heavy atom. The minimum absolute atomic E-state index is 0.00366. The summed E-state index contributed by atoms with van der Waals surface area (Å²) < 4.78 is 10.3. The van der Waals surface area contributed by atoms with Gasteiger partial charge in [-0.15, -0.1) is 0 Å². The summed E-state index contributed by atoms with van der Waals surface area (Å²) in [6.45, 7) is 1.38. The number of hydrogen-bond donors (Lipinski definition) is 1. The molecule has 0 aliphatic carbocycles. The maximum atomic E-state index is 12.8. The van der Waals surface area contributed by atoms with Crippen LogP contribution < -0.4 is 0 Å². The number of rotatable bonds is 3. The van der Waals surface area contributed by atoms with Gasteiger partial charge in [0.2, 0.25) is 12.3 Å². The Hall–Kier alpha value is -2.38. The molecule has 1 aromatic carbocycles. The molecule has 2 aromatic heterocycles. The van der Waals surface area contributed by atoms with Gasteiger partial charge in [-0.3, -0.25) is 4.79 Å². The van der Waals surface area contributed by atoms with Crippen molar-refractivity contribution in [1.82, 2.24) is 20.0 Å². The van der Waals surface area contributed by atoms with E-state index < -0.39 is 0 Å². The summed E-state index contributed by atoms with van der Waals surface area (Å²) in [5.41, 5.74) is 1.85. The predicted molar refractivity (Wildman–Crippen MR) is 86.6 cm³/mol. The zero-order valence-electron chi connectivity index (χ0n) is 12.7. The summed E-state index contributed by atoms with van der Waals surface area (Å²) in [6, 6.07) is 5.28. The van der Waals surface area contributed by atoms with Crippen LogP contribution >= 0.6 is 11.6 Å². The zero-order chi connectivity index (χ0) is 16.5. The fraction of sp³-hybridized carbons (Fsp3) is 0.312. The number of aromatic amines is 1. The number of nitrogens with zero attached hydrogens (tertiary/aromatic N) is 3. The van der Waals surface area contributed by atoms with Crippen molar-refractivity contribution in [1.29, 1.82) is 0 Å². The average Bonchev–Trinajstić information content (AvgIpc) is 3.25. The van der Waals surface area contributed by atoms with E-state index in [4.69, 9.17) is 20.9 Å². The second kappa shape index (κ2) is 6.26. The van der Waals surface area contributed by atoms with Gasteiger partial charge >= 0.3 is 0 Å². The molecule has 124 valence electrons. The van der Waals surface area contributed by atoms with Crippen LogP contribution in [0.4, 0.5) is 0 Å². The second-order valence-electron chi connectivity index (χ2n) is 5.65. The van der Waals surface area contributed by atoms with Gasteiger partial charge < -0.3 is 19.1 Å². The minimum atomic E-state index is -0.315. The third-order valence-electron chi connectivity index (χ3n) is 4.20. The smallest absolute Gasteiger partial charge is 0.227 e. The molecule has 3 heterocycles. The number of ether oxygens (including phenoxy) is 1. The van der Waals surface area contributed by atoms with Crippen LogP contribution in [0.5, 0.6) is 0 Å². The first-order valence-electron chi connectivity index (χ1n) is 7.61. The van der Waals surface area contributed by atoms with Crippen molar-refractivity contribution in [2.45, 2.75) is 12.5 Å². The molecular formula is C16H15ClN4O3. The molecule has 3 aromatic rings. The van der Waals surface area contributed by atoms with Crippen LogP contribution in [0.1, 0.15) is 17.4 Å². The number of benzene rings is 1. The van der Waals surface area contributed by atoms with E-state index in [0.29, 0.717) is 30.6 Å². The largest absolute Gasteiger partial charge is 0.377 e. The van der Waals surface area contributed by atoms with Gasteiger partial charge in [-0.2, -0.15) is 4.98 Å². The van der Waals surface area contributed by atoms with Crippen LogP contribution in [0.25, 0.3) is 10.9 Å². The van der Waals surface area contributed by atoms with Crippen LogP contribution in [-0.4, -0.2) is 45.7 Å². The Morgan fingerprint density at radius 3 is 3.21 bits per heavy atom. The number of halogens is 1. The summed E-state index contributed by atoms with van der Waals surface area (Å²) in [5, 5.41) is 5.51. The number of H-pyrrole nitrogens is 1. The molecule has 24 heavy (non-hydrogen) atoms. The van der Waals surface area contributed by atoms with Crippen molar-refractivity contribution in [3.63, 3.8) is 0 Å². The number of carbonyl (C=O) groups excluding carboxylic acids is 1. The van der Waals surface area contributed by atoms with Gasteiger partial charge in [0, 0.05) is 28.7 Å². The first kappa shape index (κ1) is 15.2. The quantitative estimate of drug-likeness (QED) is 0.787. The van der Waals surface area contributed by atoms with Crippen LogP contribution in [0.15, 0.2) is 35.3 Å². The molecule has 1 saturated heterocycles. The normalized spacial score (nSPS) is 18.2. The van der Waals surface area contributed by atoms with E-state index in [1.807, 2.05) is 24.4 Å². The first-order valence-corrected chi connectivity index (χ1v) is 7.99. The van der Waals surface area contributed by atoms with E-state index >= 15 is 0 Å². The molecule has 0 saturated carbocycles. The fourth-order valence-electron chi connectivity index (χ4n) is 3.01. The molecule has 0 bridgehead atoms. The zero-order valence-corrected chi connectivity index (χ0v) is 13.5. The van der Waals surface area contributed by atoms with Crippen LogP contribution in [0, 0.1) is 0 Å². The van der Waals surface area contributed by atoms with Crippen molar-refractivity contribution in [3.8, 4) is 0 Å². The van der Waals surface area contributed by atoms with Crippen molar-refractivity contribution in [2.75, 3.05) is 19.8 Å². The lowest BCUT2D eigenvalue weighted by molar-refractivity contribution is -0.139. The molecule has 8 heteroatoms. The summed E-state index contributed by atoms with van der Waals surface area (Å²) >= 11 is 6.00. The predicted octanol–water partition coefficient (Wildman–Crippen LogP) is 2.35. The molecular weight excluding hydrogens is 332 g/mol. The van der Waals surface area contributed by atoms with E-state index in [1.54, 1.807) is 4.90 Å². The van der Waals surface area contributed by atoms with Crippen LogP contribution in [0.2, 0.25) is 5.02 Å². The van der Waals surface area contributed by atoms with Gasteiger partial charge in [0.15, 0.2) is 5.82 Å². The van der Waals surface area contributed by atoms with E-state index in [-0.39, 0.29) is 18.4 Å². The number of nitrogens with one attached hydrogen (secondary N) is 1. The summed E-state index contributed by atoms with van der Waals surface area (Å²) in [4.78, 5) is 21.8. The minimum Gasteiger partial charge on any atom is -0.377 e. The van der Waals surface area contributed by atoms with Gasteiger partial charge in [-0.1, -0.05) is 22.8 Å². The second-order valence-corrected chi connectivity index (χ2v) is 6.08. The number of fused-ring (bicyclic) bond motifs is 1. The van der Waals surface area contributed by atoms with E-state index in [1.165, 1.54) is 6.39 Å².